The number of thioether (sulfide) groups is 1. The number of amides is 1. The summed E-state index contributed by atoms with van der Waals surface area (Å²) in [6.45, 7) is 1.83. The van der Waals surface area contributed by atoms with Gasteiger partial charge in [0.2, 0.25) is 5.91 Å². The lowest BCUT2D eigenvalue weighted by molar-refractivity contribution is -0.149. The van der Waals surface area contributed by atoms with Crippen LogP contribution in [0.25, 0.3) is 0 Å². The van der Waals surface area contributed by atoms with Crippen molar-refractivity contribution in [1.82, 2.24) is 4.90 Å². The van der Waals surface area contributed by atoms with Crippen molar-refractivity contribution in [2.24, 2.45) is 5.73 Å². The van der Waals surface area contributed by atoms with Gasteiger partial charge in [0, 0.05) is 5.75 Å². The van der Waals surface area contributed by atoms with E-state index in [0.717, 1.165) is 5.57 Å². The van der Waals surface area contributed by atoms with E-state index in [1.165, 1.54) is 12.0 Å². The van der Waals surface area contributed by atoms with Gasteiger partial charge in [-0.05, 0) is 12.5 Å². The molecule has 1 fully saturated rings. The van der Waals surface area contributed by atoms with Gasteiger partial charge in [-0.1, -0.05) is 0 Å². The summed E-state index contributed by atoms with van der Waals surface area (Å²) >= 11 is 1.58. The van der Waals surface area contributed by atoms with E-state index in [9.17, 15) is 9.59 Å². The zero-order valence-corrected chi connectivity index (χ0v) is 9.34. The molecule has 1 amide bonds. The molecule has 82 valence electrons. The largest absolute Gasteiger partial charge is 0.464 e. The second-order valence-corrected chi connectivity index (χ2v) is 4.66. The van der Waals surface area contributed by atoms with Crippen LogP contribution in [0.1, 0.15) is 6.92 Å². The van der Waals surface area contributed by atoms with E-state index < -0.39 is 12.0 Å². The van der Waals surface area contributed by atoms with Crippen LogP contribution < -0.4 is 5.73 Å². The molecule has 0 aromatic heterocycles. The van der Waals surface area contributed by atoms with Gasteiger partial charge in [-0.25, -0.2) is 4.79 Å². The average molecular weight is 228 g/mol. The molecule has 2 rings (SSSR count). The molecule has 0 bridgehead atoms. The summed E-state index contributed by atoms with van der Waals surface area (Å²) in [4.78, 5) is 24.5. The fourth-order valence-electron chi connectivity index (χ4n) is 1.76. The van der Waals surface area contributed by atoms with Gasteiger partial charge < -0.3 is 10.5 Å². The molecule has 0 saturated carbocycles. The number of fused-ring (bicyclic) bond motifs is 1. The number of carbonyl (C=O) groups excluding carboxylic acids is 2. The van der Waals surface area contributed by atoms with Crippen LogP contribution in [-0.4, -0.2) is 41.1 Å². The maximum Gasteiger partial charge on any atom is 0.354 e. The molecule has 15 heavy (non-hydrogen) atoms. The fourth-order valence-corrected chi connectivity index (χ4v) is 3.00. The first-order valence-electron chi connectivity index (χ1n) is 4.56. The van der Waals surface area contributed by atoms with Crippen LogP contribution in [-0.2, 0) is 14.3 Å². The summed E-state index contributed by atoms with van der Waals surface area (Å²) in [7, 11) is 1.31. The van der Waals surface area contributed by atoms with Gasteiger partial charge in [0.25, 0.3) is 0 Å². The van der Waals surface area contributed by atoms with E-state index in [2.05, 4.69) is 4.74 Å². The number of nitrogens with two attached hydrogens (primary N) is 1. The topological polar surface area (TPSA) is 72.6 Å². The molecule has 2 atom stereocenters. The van der Waals surface area contributed by atoms with Crippen LogP contribution in [0.3, 0.4) is 0 Å². The zero-order valence-electron chi connectivity index (χ0n) is 8.52. The molecule has 5 nitrogen and oxygen atoms in total. The van der Waals surface area contributed by atoms with Gasteiger partial charge in [0.05, 0.1) is 7.11 Å². The standard InChI is InChI=1S/C9H12N2O3S/c1-4-3-15-8-5(10)7(12)11(8)6(4)9(13)14-2/h5,8H,3,10H2,1-2H3/t5?,8-/m1/s1. The Balaban J connectivity index is 2.33. The molecule has 0 radical (unpaired) electrons. The highest BCUT2D eigenvalue weighted by Crippen LogP contribution is 2.39. The molecule has 1 unspecified atom stereocenters. The van der Waals surface area contributed by atoms with E-state index in [1.807, 2.05) is 6.92 Å². The number of nitrogens with zero attached hydrogens (tertiary/aromatic N) is 1. The fraction of sp³-hybridized carbons (Fsp3) is 0.556. The first-order chi connectivity index (χ1) is 7.07. The lowest BCUT2D eigenvalue weighted by Crippen LogP contribution is -2.68. The lowest BCUT2D eigenvalue weighted by atomic mass is 10.0. The number of hydrogen-bond acceptors (Lipinski definition) is 5. The molecular weight excluding hydrogens is 216 g/mol. The summed E-state index contributed by atoms with van der Waals surface area (Å²) in [5, 5.41) is -0.102. The molecule has 6 heteroatoms. The number of β-lactam (4-membered cyclic amide) rings is 1. The minimum atomic E-state index is -0.484. The normalized spacial score (nSPS) is 29.8. The number of hydrogen-bond donors (Lipinski definition) is 1. The van der Waals surface area contributed by atoms with Crippen molar-refractivity contribution in [2.75, 3.05) is 12.9 Å². The minimum absolute atomic E-state index is 0.102. The molecule has 2 heterocycles. The highest BCUT2D eigenvalue weighted by molar-refractivity contribution is 8.00. The van der Waals surface area contributed by atoms with E-state index >= 15 is 0 Å². The predicted molar refractivity (Wildman–Crippen MR) is 55.8 cm³/mol. The quantitative estimate of drug-likeness (QED) is 0.491. The average Bonchev–Trinajstić information content (AvgIpc) is 2.26. The Labute approximate surface area is 91.6 Å². The highest BCUT2D eigenvalue weighted by Gasteiger charge is 2.51. The van der Waals surface area contributed by atoms with Gasteiger partial charge in [-0.2, -0.15) is 0 Å². The Morgan fingerprint density at radius 3 is 2.93 bits per heavy atom. The maximum atomic E-state index is 11.5. The van der Waals surface area contributed by atoms with Gasteiger partial charge in [0.1, 0.15) is 17.1 Å². The van der Waals surface area contributed by atoms with E-state index in [0.29, 0.717) is 11.4 Å². The molecule has 2 aliphatic rings. The van der Waals surface area contributed by atoms with Crippen molar-refractivity contribution in [3.05, 3.63) is 11.3 Å². The van der Waals surface area contributed by atoms with E-state index in [-0.39, 0.29) is 11.3 Å². The van der Waals surface area contributed by atoms with Gasteiger partial charge >= 0.3 is 5.97 Å². The van der Waals surface area contributed by atoms with Crippen LogP contribution in [0.4, 0.5) is 0 Å². The molecule has 2 aliphatic heterocycles. The van der Waals surface area contributed by atoms with Crippen molar-refractivity contribution in [1.29, 1.82) is 0 Å². The highest BCUT2D eigenvalue weighted by atomic mass is 32.2. The van der Waals surface area contributed by atoms with Gasteiger partial charge in [-0.15, -0.1) is 11.8 Å². The number of esters is 1. The molecule has 0 aliphatic carbocycles. The van der Waals surface area contributed by atoms with Crippen LogP contribution >= 0.6 is 11.8 Å². The third kappa shape index (κ3) is 1.36. The molecule has 0 spiro atoms. The minimum Gasteiger partial charge on any atom is -0.464 e. The number of methoxy groups -OCH3 is 1. The second kappa shape index (κ2) is 3.53. The SMILES string of the molecule is COC(=O)C1=C(C)CS[C@@H]2C(N)C(=O)N12. The number of carbonyl (C=O) groups is 2. The van der Waals surface area contributed by atoms with Gasteiger partial charge in [0.15, 0.2) is 0 Å². The summed E-state index contributed by atoms with van der Waals surface area (Å²) in [6.07, 6.45) is 0. The van der Waals surface area contributed by atoms with Crippen LogP contribution in [0, 0.1) is 0 Å². The summed E-state index contributed by atoms with van der Waals surface area (Å²) in [5.41, 5.74) is 6.87. The maximum absolute atomic E-state index is 11.5. The first-order valence-corrected chi connectivity index (χ1v) is 5.61. The van der Waals surface area contributed by atoms with E-state index in [1.54, 1.807) is 11.8 Å². The Morgan fingerprint density at radius 1 is 1.67 bits per heavy atom. The Hall–Kier alpha value is -1.01. The monoisotopic (exact) mass is 228 g/mol. The number of rotatable bonds is 1. The van der Waals surface area contributed by atoms with Crippen LogP contribution in [0.5, 0.6) is 0 Å². The van der Waals surface area contributed by atoms with Crippen molar-refractivity contribution in [3.63, 3.8) is 0 Å². The van der Waals surface area contributed by atoms with Crippen molar-refractivity contribution >= 4 is 23.6 Å². The lowest BCUT2D eigenvalue weighted by Gasteiger charge is -2.47. The first kappa shape index (κ1) is 10.5. The van der Waals surface area contributed by atoms with Crippen molar-refractivity contribution < 1.29 is 14.3 Å². The summed E-state index contributed by atoms with van der Waals surface area (Å²) in [6, 6.07) is -0.484. The third-order valence-corrected chi connectivity index (χ3v) is 4.02. The van der Waals surface area contributed by atoms with E-state index in [4.69, 9.17) is 5.73 Å². The molecular formula is C9H12N2O3S. The Kier molecular flexibility index (Phi) is 2.47. The molecule has 0 aromatic rings. The molecule has 2 N–H and O–H groups in total. The predicted octanol–water partition coefficient (Wildman–Crippen LogP) is -0.324. The van der Waals surface area contributed by atoms with Crippen molar-refractivity contribution in [3.8, 4) is 0 Å². The summed E-state index contributed by atoms with van der Waals surface area (Å²) < 4.78 is 4.66. The van der Waals surface area contributed by atoms with Crippen LogP contribution in [0.2, 0.25) is 0 Å². The summed E-state index contributed by atoms with van der Waals surface area (Å²) in [5.74, 6) is 0.0528. The van der Waals surface area contributed by atoms with Gasteiger partial charge in [-0.3, -0.25) is 9.69 Å². The van der Waals surface area contributed by atoms with Crippen molar-refractivity contribution in [2.45, 2.75) is 18.3 Å². The van der Waals surface area contributed by atoms with Crippen LogP contribution in [0.15, 0.2) is 11.3 Å². The molecule has 1 saturated heterocycles. The molecule has 0 aromatic carbocycles. The second-order valence-electron chi connectivity index (χ2n) is 3.56. The smallest absolute Gasteiger partial charge is 0.354 e. The number of ether oxygens (including phenoxy) is 1. The Bertz CT molecular complexity index is 366. The zero-order chi connectivity index (χ0) is 11.2. The Morgan fingerprint density at radius 2 is 2.33 bits per heavy atom. The third-order valence-electron chi connectivity index (χ3n) is 2.58.